The van der Waals surface area contributed by atoms with E-state index in [1.165, 1.54) is 17.2 Å². The highest BCUT2D eigenvalue weighted by Gasteiger charge is 2.13. The molecule has 2 rings (SSSR count). The van der Waals surface area contributed by atoms with Crippen LogP contribution in [0.3, 0.4) is 0 Å². The van der Waals surface area contributed by atoms with E-state index in [-0.39, 0.29) is 12.5 Å². The van der Waals surface area contributed by atoms with Crippen LogP contribution in [-0.4, -0.2) is 25.7 Å². The number of carbonyl (C=O) groups excluding carboxylic acids is 1. The summed E-state index contributed by atoms with van der Waals surface area (Å²) in [5, 5.41) is 6.07. The van der Waals surface area contributed by atoms with Crippen molar-refractivity contribution in [2.75, 3.05) is 13.7 Å². The van der Waals surface area contributed by atoms with E-state index >= 15 is 0 Å². The number of thiophene rings is 1. The van der Waals surface area contributed by atoms with Gasteiger partial charge in [0.25, 0.3) is 0 Å². The Morgan fingerprint density at radius 1 is 1.50 bits per heavy atom. The number of hydrogen-bond donors (Lipinski definition) is 2. The first-order chi connectivity index (χ1) is 8.72. The fourth-order valence-corrected chi connectivity index (χ4v) is 2.70. The lowest BCUT2D eigenvalue weighted by atomic mass is 10.2. The molecule has 1 atom stereocenters. The number of carbonyl (C=O) groups is 1. The molecule has 96 valence electrons. The second kappa shape index (κ2) is 5.95. The number of amides is 1. The minimum Gasteiger partial charge on any atom is -0.383 e. The average molecular weight is 264 g/mol. The number of nitrogens with two attached hydrogens (primary N) is 1. The highest BCUT2D eigenvalue weighted by molar-refractivity contribution is 7.17. The number of hydrogen-bond acceptors (Lipinski definition) is 4. The third kappa shape index (κ3) is 2.87. The smallest absolute Gasteiger partial charge is 0.239 e. The monoisotopic (exact) mass is 264 g/mol. The van der Waals surface area contributed by atoms with Crippen LogP contribution in [0.2, 0.25) is 0 Å². The average Bonchev–Trinajstić information content (AvgIpc) is 2.79. The molecule has 2 aromatic rings. The Morgan fingerprint density at radius 2 is 2.28 bits per heavy atom. The standard InChI is InChI=1S/C13H16N2O2S/c1-17-7-11(14)13(16)15-6-9-8-18-12-5-3-2-4-10(9)12/h2-5,8,11H,6-7,14H2,1H3,(H,15,16). The van der Waals surface area contributed by atoms with E-state index in [1.807, 2.05) is 12.1 Å². The van der Waals surface area contributed by atoms with Crippen molar-refractivity contribution in [1.82, 2.24) is 5.32 Å². The van der Waals surface area contributed by atoms with Gasteiger partial charge in [0.05, 0.1) is 6.61 Å². The normalized spacial score (nSPS) is 12.6. The Labute approximate surface area is 110 Å². The molecule has 1 heterocycles. The maximum Gasteiger partial charge on any atom is 0.239 e. The quantitative estimate of drug-likeness (QED) is 0.860. The Hall–Kier alpha value is -1.43. The molecule has 1 unspecified atom stereocenters. The number of benzene rings is 1. The largest absolute Gasteiger partial charge is 0.383 e. The zero-order valence-electron chi connectivity index (χ0n) is 10.2. The molecule has 0 aliphatic heterocycles. The van der Waals surface area contributed by atoms with E-state index in [4.69, 9.17) is 10.5 Å². The molecule has 0 fully saturated rings. The van der Waals surface area contributed by atoms with Crippen LogP contribution in [0.15, 0.2) is 29.6 Å². The molecule has 18 heavy (non-hydrogen) atoms. The van der Waals surface area contributed by atoms with Gasteiger partial charge in [0.1, 0.15) is 6.04 Å². The zero-order valence-corrected chi connectivity index (χ0v) is 11.0. The summed E-state index contributed by atoms with van der Waals surface area (Å²) in [6, 6.07) is 7.52. The summed E-state index contributed by atoms with van der Waals surface area (Å²) in [5.41, 5.74) is 6.76. The number of rotatable bonds is 5. The number of nitrogens with one attached hydrogen (secondary N) is 1. The Balaban J connectivity index is 2.00. The summed E-state index contributed by atoms with van der Waals surface area (Å²) >= 11 is 1.68. The summed E-state index contributed by atoms with van der Waals surface area (Å²) in [6.45, 7) is 0.733. The molecule has 0 aliphatic carbocycles. The van der Waals surface area contributed by atoms with Crippen molar-refractivity contribution in [2.45, 2.75) is 12.6 Å². The predicted octanol–water partition coefficient (Wildman–Crippen LogP) is 1.49. The molecule has 1 aromatic carbocycles. The van der Waals surface area contributed by atoms with Crippen LogP contribution in [0, 0.1) is 0 Å². The highest BCUT2D eigenvalue weighted by Crippen LogP contribution is 2.25. The molecule has 1 aromatic heterocycles. The minimum atomic E-state index is -0.611. The summed E-state index contributed by atoms with van der Waals surface area (Å²) < 4.78 is 6.07. The number of methoxy groups -OCH3 is 1. The number of ether oxygens (including phenoxy) is 1. The maximum atomic E-state index is 11.7. The molecule has 0 bridgehead atoms. The van der Waals surface area contributed by atoms with Crippen LogP contribution >= 0.6 is 11.3 Å². The SMILES string of the molecule is COCC(N)C(=O)NCc1csc2ccccc12. The minimum absolute atomic E-state index is 0.188. The van der Waals surface area contributed by atoms with Crippen LogP contribution in [0.4, 0.5) is 0 Å². The van der Waals surface area contributed by atoms with Gasteiger partial charge < -0.3 is 15.8 Å². The molecule has 0 radical (unpaired) electrons. The molecule has 0 saturated heterocycles. The molecule has 5 heteroatoms. The van der Waals surface area contributed by atoms with E-state index < -0.39 is 6.04 Å². The number of fused-ring (bicyclic) bond motifs is 1. The third-order valence-electron chi connectivity index (χ3n) is 2.70. The van der Waals surface area contributed by atoms with Crippen molar-refractivity contribution in [1.29, 1.82) is 0 Å². The lowest BCUT2D eigenvalue weighted by molar-refractivity contribution is -0.123. The van der Waals surface area contributed by atoms with E-state index in [2.05, 4.69) is 22.8 Å². The van der Waals surface area contributed by atoms with Crippen LogP contribution in [0.25, 0.3) is 10.1 Å². The molecule has 0 saturated carbocycles. The van der Waals surface area contributed by atoms with Gasteiger partial charge in [-0.2, -0.15) is 0 Å². The van der Waals surface area contributed by atoms with E-state index in [9.17, 15) is 4.79 Å². The van der Waals surface area contributed by atoms with Gasteiger partial charge in [-0.05, 0) is 22.4 Å². The van der Waals surface area contributed by atoms with Gasteiger partial charge >= 0.3 is 0 Å². The lowest BCUT2D eigenvalue weighted by Crippen LogP contribution is -2.43. The van der Waals surface area contributed by atoms with Gasteiger partial charge in [0, 0.05) is 18.4 Å². The first-order valence-electron chi connectivity index (χ1n) is 5.69. The molecule has 0 spiro atoms. The molecule has 1 amide bonds. The van der Waals surface area contributed by atoms with Gasteiger partial charge in [-0.1, -0.05) is 18.2 Å². The fourth-order valence-electron chi connectivity index (χ4n) is 1.74. The lowest BCUT2D eigenvalue weighted by Gasteiger charge is -2.10. The topological polar surface area (TPSA) is 64.3 Å². The molecule has 0 aliphatic rings. The van der Waals surface area contributed by atoms with Crippen molar-refractivity contribution >= 4 is 27.3 Å². The van der Waals surface area contributed by atoms with Gasteiger partial charge in [-0.15, -0.1) is 11.3 Å². The molecular formula is C13H16N2O2S. The third-order valence-corrected chi connectivity index (χ3v) is 3.71. The van der Waals surface area contributed by atoms with E-state index in [1.54, 1.807) is 11.3 Å². The van der Waals surface area contributed by atoms with Crippen molar-refractivity contribution < 1.29 is 9.53 Å². The molecule has 3 N–H and O–H groups in total. The Bertz CT molecular complexity index is 539. The first-order valence-corrected chi connectivity index (χ1v) is 6.57. The van der Waals surface area contributed by atoms with Gasteiger partial charge in [0.15, 0.2) is 0 Å². The Morgan fingerprint density at radius 3 is 3.06 bits per heavy atom. The predicted molar refractivity (Wildman–Crippen MR) is 73.5 cm³/mol. The van der Waals surface area contributed by atoms with Crippen LogP contribution < -0.4 is 11.1 Å². The van der Waals surface area contributed by atoms with Crippen molar-refractivity contribution in [3.8, 4) is 0 Å². The summed E-state index contributed by atoms with van der Waals surface area (Å²) in [5.74, 6) is -0.188. The van der Waals surface area contributed by atoms with Gasteiger partial charge in [-0.3, -0.25) is 4.79 Å². The van der Waals surface area contributed by atoms with Crippen LogP contribution in [0.1, 0.15) is 5.56 Å². The molecule has 4 nitrogen and oxygen atoms in total. The fraction of sp³-hybridized carbons (Fsp3) is 0.308. The first kappa shape index (κ1) is 13.0. The Kier molecular flexibility index (Phi) is 4.30. The van der Waals surface area contributed by atoms with Crippen molar-refractivity contribution in [3.05, 3.63) is 35.2 Å². The van der Waals surface area contributed by atoms with E-state index in [0.717, 1.165) is 5.56 Å². The van der Waals surface area contributed by atoms with Gasteiger partial charge in [0.2, 0.25) is 5.91 Å². The molecular weight excluding hydrogens is 248 g/mol. The zero-order chi connectivity index (χ0) is 13.0. The maximum absolute atomic E-state index is 11.7. The summed E-state index contributed by atoms with van der Waals surface area (Å²) in [7, 11) is 1.53. The summed E-state index contributed by atoms with van der Waals surface area (Å²) in [6.07, 6.45) is 0. The second-order valence-corrected chi connectivity index (χ2v) is 4.95. The summed E-state index contributed by atoms with van der Waals surface area (Å²) in [4.78, 5) is 11.7. The van der Waals surface area contributed by atoms with Gasteiger partial charge in [-0.25, -0.2) is 0 Å². The van der Waals surface area contributed by atoms with Crippen molar-refractivity contribution in [2.24, 2.45) is 5.73 Å². The van der Waals surface area contributed by atoms with Crippen molar-refractivity contribution in [3.63, 3.8) is 0 Å². The second-order valence-electron chi connectivity index (χ2n) is 4.04. The highest BCUT2D eigenvalue weighted by atomic mass is 32.1. The van der Waals surface area contributed by atoms with Crippen LogP contribution in [-0.2, 0) is 16.1 Å². The van der Waals surface area contributed by atoms with E-state index in [0.29, 0.717) is 6.54 Å². The van der Waals surface area contributed by atoms with Crippen LogP contribution in [0.5, 0.6) is 0 Å².